The van der Waals surface area contributed by atoms with Crippen molar-refractivity contribution in [2.75, 3.05) is 19.7 Å². The fourth-order valence-electron chi connectivity index (χ4n) is 5.24. The molecule has 2 amide bonds. The molecular formula is C32H40N4O8. The number of ether oxygens (including phenoxy) is 2. The molecule has 1 aromatic heterocycles. The van der Waals surface area contributed by atoms with Gasteiger partial charge in [-0.2, -0.15) is 0 Å². The number of aliphatic hydroxyl groups excluding tert-OH is 2. The van der Waals surface area contributed by atoms with E-state index >= 15 is 0 Å². The second kappa shape index (κ2) is 14.4. The minimum absolute atomic E-state index is 0.128. The van der Waals surface area contributed by atoms with Gasteiger partial charge in [0, 0.05) is 43.4 Å². The Morgan fingerprint density at radius 3 is 2.41 bits per heavy atom. The lowest BCUT2D eigenvalue weighted by molar-refractivity contribution is 0.0448. The minimum atomic E-state index is -1.14. The van der Waals surface area contributed by atoms with Gasteiger partial charge in [-0.15, -0.1) is 0 Å². The maximum absolute atomic E-state index is 13.7. The predicted molar refractivity (Wildman–Crippen MR) is 162 cm³/mol. The van der Waals surface area contributed by atoms with Gasteiger partial charge in [0.05, 0.1) is 24.9 Å². The van der Waals surface area contributed by atoms with Crippen LogP contribution in [-0.2, 0) is 11.3 Å². The van der Waals surface area contributed by atoms with E-state index in [4.69, 9.17) is 9.47 Å². The van der Waals surface area contributed by atoms with Gasteiger partial charge in [-0.3, -0.25) is 19.1 Å². The molecule has 0 radical (unpaired) electrons. The lowest BCUT2D eigenvalue weighted by Crippen LogP contribution is -2.41. The third-order valence-electron chi connectivity index (χ3n) is 7.26. The van der Waals surface area contributed by atoms with E-state index in [0.29, 0.717) is 30.9 Å². The first-order valence-corrected chi connectivity index (χ1v) is 14.6. The first-order valence-electron chi connectivity index (χ1n) is 14.6. The number of hydrogen-bond donors (Lipinski definition) is 4. The van der Waals surface area contributed by atoms with E-state index in [2.05, 4.69) is 10.3 Å². The van der Waals surface area contributed by atoms with E-state index in [1.807, 2.05) is 30.3 Å². The first kappa shape index (κ1) is 32.5. The van der Waals surface area contributed by atoms with Crippen LogP contribution < -0.4 is 21.3 Å². The molecule has 0 saturated heterocycles. The molecule has 0 aliphatic heterocycles. The van der Waals surface area contributed by atoms with Crippen LogP contribution >= 0.6 is 0 Å². The van der Waals surface area contributed by atoms with Gasteiger partial charge in [0.2, 0.25) is 0 Å². The summed E-state index contributed by atoms with van der Waals surface area (Å²) in [5, 5.41) is 24.6. The molecule has 12 nitrogen and oxygen atoms in total. The average molecular weight is 609 g/mol. The molecule has 0 bridgehead atoms. The molecule has 0 spiro atoms. The number of alkyl carbamates (subject to hydrolysis) is 1. The number of carbonyl (C=O) groups is 2. The van der Waals surface area contributed by atoms with Crippen molar-refractivity contribution in [2.24, 2.45) is 5.92 Å². The maximum atomic E-state index is 13.7. The average Bonchev–Trinajstić information content (AvgIpc) is 3.24. The molecule has 1 aliphatic carbocycles. The van der Waals surface area contributed by atoms with Crippen LogP contribution in [0.1, 0.15) is 55.6 Å². The van der Waals surface area contributed by atoms with Crippen LogP contribution in [0.25, 0.3) is 0 Å². The van der Waals surface area contributed by atoms with Gasteiger partial charge in [0.1, 0.15) is 11.4 Å². The molecule has 1 saturated carbocycles. The van der Waals surface area contributed by atoms with Crippen LogP contribution in [0, 0.1) is 5.92 Å². The molecular weight excluding hydrogens is 568 g/mol. The summed E-state index contributed by atoms with van der Waals surface area (Å²) in [5.41, 5.74) is -0.553. The number of hydrogen-bond acceptors (Lipinski definition) is 8. The van der Waals surface area contributed by atoms with Gasteiger partial charge < -0.3 is 29.9 Å². The van der Waals surface area contributed by atoms with Gasteiger partial charge in [0.15, 0.2) is 0 Å². The van der Waals surface area contributed by atoms with E-state index < -0.39 is 47.1 Å². The number of H-pyrrole nitrogens is 1. The molecule has 1 aliphatic rings. The highest BCUT2D eigenvalue weighted by Crippen LogP contribution is 2.35. The molecule has 1 heterocycles. The summed E-state index contributed by atoms with van der Waals surface area (Å²) in [6.45, 7) is 6.52. The van der Waals surface area contributed by atoms with Crippen molar-refractivity contribution in [2.45, 2.75) is 64.0 Å². The van der Waals surface area contributed by atoms with Gasteiger partial charge >= 0.3 is 11.8 Å². The highest BCUT2D eigenvalue weighted by atomic mass is 16.6. The molecule has 12 heteroatoms. The first-order chi connectivity index (χ1) is 20.9. The molecule has 2 aromatic carbocycles. The van der Waals surface area contributed by atoms with Crippen LogP contribution in [-0.4, -0.2) is 74.2 Å². The topological polar surface area (TPSA) is 163 Å². The van der Waals surface area contributed by atoms with Crippen LogP contribution in [0.3, 0.4) is 0 Å². The lowest BCUT2D eigenvalue weighted by Gasteiger charge is -2.28. The molecule has 44 heavy (non-hydrogen) atoms. The highest BCUT2D eigenvalue weighted by Gasteiger charge is 2.44. The van der Waals surface area contributed by atoms with Crippen molar-refractivity contribution in [1.29, 1.82) is 0 Å². The van der Waals surface area contributed by atoms with Crippen LogP contribution in [0.4, 0.5) is 4.79 Å². The zero-order valence-corrected chi connectivity index (χ0v) is 25.1. The van der Waals surface area contributed by atoms with Crippen molar-refractivity contribution < 1.29 is 29.3 Å². The molecule has 4 N–H and O–H groups in total. The number of nitrogens with zero attached hydrogens (tertiary/aromatic N) is 2. The zero-order chi connectivity index (χ0) is 31.9. The Morgan fingerprint density at radius 2 is 1.75 bits per heavy atom. The summed E-state index contributed by atoms with van der Waals surface area (Å²) in [5.74, 6) is -0.233. The van der Waals surface area contributed by atoms with E-state index in [1.54, 1.807) is 49.9 Å². The van der Waals surface area contributed by atoms with E-state index in [1.165, 1.54) is 6.20 Å². The van der Waals surface area contributed by atoms with E-state index in [9.17, 15) is 29.4 Å². The molecule has 4 atom stereocenters. The Balaban J connectivity index is 1.40. The standard InChI is InChI=1S/C32H40N4O8/c1-32(2,3)44-31(42)33-15-7-17-43-24-12-10-22(11-13-24)29(40)35(19-21-8-5-4-6-9-21)20-23-18-25(37)27(28(23)39)36-16-14-26(38)34-30(36)41/h4-6,8-14,16,23,25,27-28,37,39H,7,15,17-20H2,1-3H3,(H,33,42)(H,34,38,41)/t23-,25-,27+,28+/m0/s1. The summed E-state index contributed by atoms with van der Waals surface area (Å²) >= 11 is 0. The summed E-state index contributed by atoms with van der Waals surface area (Å²) in [6.07, 6.45) is -0.698. The smallest absolute Gasteiger partial charge is 0.407 e. The quantitative estimate of drug-likeness (QED) is 0.241. The molecule has 0 unspecified atom stereocenters. The number of amides is 2. The predicted octanol–water partition coefficient (Wildman–Crippen LogP) is 2.46. The highest BCUT2D eigenvalue weighted by molar-refractivity contribution is 5.94. The summed E-state index contributed by atoms with van der Waals surface area (Å²) < 4.78 is 12.1. The van der Waals surface area contributed by atoms with Crippen LogP contribution in [0.15, 0.2) is 76.4 Å². The summed E-state index contributed by atoms with van der Waals surface area (Å²) in [6, 6.07) is 16.3. The Morgan fingerprint density at radius 1 is 1.05 bits per heavy atom. The van der Waals surface area contributed by atoms with Gasteiger partial charge in [-0.25, -0.2) is 9.59 Å². The van der Waals surface area contributed by atoms with Crippen molar-refractivity contribution in [3.05, 3.63) is 98.8 Å². The minimum Gasteiger partial charge on any atom is -0.494 e. The second-order valence-corrected chi connectivity index (χ2v) is 11.9. The maximum Gasteiger partial charge on any atom is 0.407 e. The Kier molecular flexibility index (Phi) is 10.6. The van der Waals surface area contributed by atoms with Crippen LogP contribution in [0.5, 0.6) is 5.75 Å². The van der Waals surface area contributed by atoms with Gasteiger partial charge in [-0.1, -0.05) is 30.3 Å². The number of rotatable bonds is 11. The SMILES string of the molecule is CC(C)(C)OC(=O)NCCCOc1ccc(C(=O)N(Cc2ccccc2)C[C@@H]2C[C@H](O)[C@@H](n3ccc(=O)[nH]c3=O)[C@@H]2O)cc1. The summed E-state index contributed by atoms with van der Waals surface area (Å²) in [4.78, 5) is 53.1. The van der Waals surface area contributed by atoms with Crippen molar-refractivity contribution in [3.63, 3.8) is 0 Å². The van der Waals surface area contributed by atoms with Crippen molar-refractivity contribution in [3.8, 4) is 5.75 Å². The second-order valence-electron chi connectivity index (χ2n) is 11.9. The Hall–Kier alpha value is -4.42. The normalized spacial score (nSPS) is 19.8. The molecule has 3 aromatic rings. The molecule has 236 valence electrons. The Bertz CT molecular complexity index is 1510. The van der Waals surface area contributed by atoms with Crippen LogP contribution in [0.2, 0.25) is 0 Å². The van der Waals surface area contributed by atoms with E-state index in [0.717, 1.165) is 16.2 Å². The number of aromatic amines is 1. The Labute approximate surface area is 255 Å². The number of carbonyl (C=O) groups excluding carboxylic acids is 2. The van der Waals surface area contributed by atoms with E-state index in [-0.39, 0.29) is 25.4 Å². The van der Waals surface area contributed by atoms with Crippen molar-refractivity contribution in [1.82, 2.24) is 19.8 Å². The number of benzene rings is 2. The lowest BCUT2D eigenvalue weighted by atomic mass is 10.0. The largest absolute Gasteiger partial charge is 0.494 e. The molecule has 1 fully saturated rings. The van der Waals surface area contributed by atoms with Gasteiger partial charge in [-0.05, 0) is 63.4 Å². The third kappa shape index (κ3) is 8.80. The third-order valence-corrected chi connectivity index (χ3v) is 7.26. The van der Waals surface area contributed by atoms with Crippen molar-refractivity contribution >= 4 is 12.0 Å². The summed E-state index contributed by atoms with van der Waals surface area (Å²) in [7, 11) is 0. The fraction of sp³-hybridized carbons (Fsp3) is 0.438. The number of nitrogens with one attached hydrogen (secondary N) is 2. The number of aromatic nitrogens is 2. The molecule has 4 rings (SSSR count). The van der Waals surface area contributed by atoms with Gasteiger partial charge in [0.25, 0.3) is 11.5 Å². The fourth-order valence-corrected chi connectivity index (χ4v) is 5.24. The zero-order valence-electron chi connectivity index (χ0n) is 25.1. The monoisotopic (exact) mass is 608 g/mol. The number of aliphatic hydroxyl groups is 2.